The quantitative estimate of drug-likeness (QED) is 0.478. The third-order valence-corrected chi connectivity index (χ3v) is 6.36. The first-order valence-electron chi connectivity index (χ1n) is 10.9. The van der Waals surface area contributed by atoms with Crippen LogP contribution in [0.5, 0.6) is 0 Å². The second-order valence-electron chi connectivity index (χ2n) is 8.27. The average molecular weight is 477 g/mol. The van der Waals surface area contributed by atoms with Crippen molar-refractivity contribution in [2.24, 2.45) is 5.92 Å². The van der Waals surface area contributed by atoms with Gasteiger partial charge in [0.05, 0.1) is 11.6 Å². The number of rotatable bonds is 8. The fourth-order valence-electron chi connectivity index (χ4n) is 3.96. The molecule has 3 nitrogen and oxygen atoms in total. The number of alkyl halides is 3. The van der Waals surface area contributed by atoms with Crippen LogP contribution in [0.3, 0.4) is 0 Å². The van der Waals surface area contributed by atoms with Gasteiger partial charge in [0, 0.05) is 24.0 Å². The van der Waals surface area contributed by atoms with E-state index in [1.165, 1.54) is 12.1 Å². The zero-order valence-corrected chi connectivity index (χ0v) is 19.4. The van der Waals surface area contributed by atoms with Crippen LogP contribution >= 0.6 is 11.6 Å². The highest BCUT2D eigenvalue weighted by molar-refractivity contribution is 6.31. The van der Waals surface area contributed by atoms with Crippen LogP contribution in [0.2, 0.25) is 5.02 Å². The van der Waals surface area contributed by atoms with E-state index in [4.69, 9.17) is 11.6 Å². The molecule has 0 aromatic heterocycles. The number of hydrogen-bond donors (Lipinski definition) is 2. The molecule has 0 spiro atoms. The van der Waals surface area contributed by atoms with Crippen molar-refractivity contribution in [1.82, 2.24) is 10.6 Å². The first-order valence-corrected chi connectivity index (χ1v) is 11.3. The summed E-state index contributed by atoms with van der Waals surface area (Å²) in [7, 11) is 1.61. The van der Waals surface area contributed by atoms with Gasteiger partial charge in [0.1, 0.15) is 0 Å². The van der Waals surface area contributed by atoms with Crippen LogP contribution < -0.4 is 10.6 Å². The van der Waals surface area contributed by atoms with E-state index >= 15 is 0 Å². The summed E-state index contributed by atoms with van der Waals surface area (Å²) in [5, 5.41) is 6.88. The standard InChI is InChI=1S/C26H28ClF3N2O/c1-17-8-12-20(16-22(17)27)23(15-11-18-9-13-21(14-10-18)26(28,29)30)32-24(25(33)31-2)19-6-4-3-5-7-19/h3-6,8-10,12-14,16,19,23-24,32H,7,11,15H2,1-2H3,(H,31,33)/t19?,23-,24-/m1/s1. The molecule has 176 valence electrons. The molecule has 0 bridgehead atoms. The normalized spacial score (nSPS) is 17.6. The van der Waals surface area contributed by atoms with E-state index in [1.807, 2.05) is 49.4 Å². The largest absolute Gasteiger partial charge is 0.416 e. The minimum absolute atomic E-state index is 0.00978. The summed E-state index contributed by atoms with van der Waals surface area (Å²) in [6.07, 6.45) is 5.45. The van der Waals surface area contributed by atoms with Gasteiger partial charge < -0.3 is 5.32 Å². The fourth-order valence-corrected chi connectivity index (χ4v) is 4.15. The number of carbonyl (C=O) groups is 1. The molecule has 1 amide bonds. The van der Waals surface area contributed by atoms with Crippen molar-refractivity contribution in [3.05, 3.63) is 94.0 Å². The Morgan fingerprint density at radius 1 is 1.15 bits per heavy atom. The van der Waals surface area contributed by atoms with E-state index in [2.05, 4.69) is 10.6 Å². The maximum absolute atomic E-state index is 12.9. The number of aryl methyl sites for hydroxylation is 2. The third-order valence-electron chi connectivity index (χ3n) is 5.95. The minimum Gasteiger partial charge on any atom is -0.358 e. The zero-order valence-electron chi connectivity index (χ0n) is 18.6. The maximum atomic E-state index is 12.9. The Kier molecular flexibility index (Phi) is 8.38. The molecule has 2 aromatic carbocycles. The van der Waals surface area contributed by atoms with Gasteiger partial charge in [-0.2, -0.15) is 13.2 Å². The van der Waals surface area contributed by atoms with Gasteiger partial charge in [-0.25, -0.2) is 0 Å². The van der Waals surface area contributed by atoms with E-state index in [9.17, 15) is 18.0 Å². The lowest BCUT2D eigenvalue weighted by Gasteiger charge is -2.30. The highest BCUT2D eigenvalue weighted by Gasteiger charge is 2.31. The molecule has 0 aliphatic heterocycles. The number of carbonyl (C=O) groups excluding carboxylic acids is 1. The molecule has 0 saturated carbocycles. The Bertz CT molecular complexity index is 1020. The Balaban J connectivity index is 1.84. The Morgan fingerprint density at radius 3 is 2.45 bits per heavy atom. The molecule has 0 fully saturated rings. The second-order valence-corrected chi connectivity index (χ2v) is 8.67. The van der Waals surface area contributed by atoms with Gasteiger partial charge in [-0.1, -0.05) is 60.2 Å². The van der Waals surface area contributed by atoms with E-state index in [0.717, 1.165) is 35.2 Å². The molecule has 2 aromatic rings. The predicted molar refractivity (Wildman–Crippen MR) is 126 cm³/mol. The lowest BCUT2D eigenvalue weighted by Crippen LogP contribution is -2.48. The molecule has 33 heavy (non-hydrogen) atoms. The lowest BCUT2D eigenvalue weighted by atomic mass is 9.89. The number of halogens is 4. The summed E-state index contributed by atoms with van der Waals surface area (Å²) in [5.74, 6) is -0.123. The van der Waals surface area contributed by atoms with Crippen LogP contribution in [0.4, 0.5) is 13.2 Å². The number of amides is 1. The van der Waals surface area contributed by atoms with Gasteiger partial charge in [-0.05, 0) is 61.1 Å². The van der Waals surface area contributed by atoms with Gasteiger partial charge in [0.25, 0.3) is 0 Å². The Labute approximate surface area is 197 Å². The third kappa shape index (κ3) is 6.71. The molecule has 0 saturated heterocycles. The fraction of sp³-hybridized carbons (Fsp3) is 0.346. The molecular formula is C26H28ClF3N2O. The topological polar surface area (TPSA) is 41.1 Å². The minimum atomic E-state index is -4.36. The van der Waals surface area contributed by atoms with Gasteiger partial charge in [0.15, 0.2) is 0 Å². The zero-order chi connectivity index (χ0) is 24.0. The van der Waals surface area contributed by atoms with Gasteiger partial charge in [0.2, 0.25) is 5.91 Å². The molecular weight excluding hydrogens is 449 g/mol. The molecule has 0 heterocycles. The van der Waals surface area contributed by atoms with Gasteiger partial charge in [-0.15, -0.1) is 0 Å². The van der Waals surface area contributed by atoms with Crippen LogP contribution in [-0.4, -0.2) is 19.0 Å². The van der Waals surface area contributed by atoms with Crippen molar-refractivity contribution in [3.63, 3.8) is 0 Å². The molecule has 7 heteroatoms. The van der Waals surface area contributed by atoms with Gasteiger partial charge in [-0.3, -0.25) is 10.1 Å². The first kappa shape index (κ1) is 25.1. The predicted octanol–water partition coefficient (Wildman–Crippen LogP) is 6.18. The number of allylic oxidation sites excluding steroid dienone is 3. The molecule has 2 N–H and O–H groups in total. The SMILES string of the molecule is CNC(=O)[C@H](N[C@H](CCc1ccc(C(F)(F)F)cc1)c1ccc(C)c(Cl)c1)C1C=CC=CC1. The molecule has 3 atom stereocenters. The Morgan fingerprint density at radius 2 is 1.88 bits per heavy atom. The van der Waals surface area contributed by atoms with E-state index in [0.29, 0.717) is 17.9 Å². The summed E-state index contributed by atoms with van der Waals surface area (Å²) in [6.45, 7) is 1.92. The van der Waals surface area contributed by atoms with Crippen molar-refractivity contribution in [1.29, 1.82) is 0 Å². The van der Waals surface area contributed by atoms with Crippen LogP contribution in [0.15, 0.2) is 66.8 Å². The lowest BCUT2D eigenvalue weighted by molar-refractivity contribution is -0.137. The number of likely N-dealkylation sites (N-methyl/N-ethyl adjacent to an activating group) is 1. The summed E-state index contributed by atoms with van der Waals surface area (Å²) < 4.78 is 38.7. The van der Waals surface area contributed by atoms with Crippen LogP contribution in [0, 0.1) is 12.8 Å². The molecule has 3 rings (SSSR count). The first-order chi connectivity index (χ1) is 15.7. The summed E-state index contributed by atoms with van der Waals surface area (Å²) in [5.41, 5.74) is 2.01. The van der Waals surface area contributed by atoms with Crippen LogP contribution in [0.25, 0.3) is 0 Å². The maximum Gasteiger partial charge on any atom is 0.416 e. The van der Waals surface area contributed by atoms with E-state index in [-0.39, 0.29) is 17.9 Å². The van der Waals surface area contributed by atoms with Crippen molar-refractivity contribution < 1.29 is 18.0 Å². The van der Waals surface area contributed by atoms with Crippen molar-refractivity contribution in [2.45, 2.75) is 44.4 Å². The average Bonchev–Trinajstić information content (AvgIpc) is 2.81. The monoisotopic (exact) mass is 476 g/mol. The molecule has 1 aliphatic rings. The van der Waals surface area contributed by atoms with Crippen molar-refractivity contribution >= 4 is 17.5 Å². The number of nitrogens with one attached hydrogen (secondary N) is 2. The second kappa shape index (κ2) is 11.0. The van der Waals surface area contributed by atoms with E-state index in [1.54, 1.807) is 7.05 Å². The summed E-state index contributed by atoms with van der Waals surface area (Å²) >= 11 is 6.38. The number of hydrogen-bond acceptors (Lipinski definition) is 2. The highest BCUT2D eigenvalue weighted by atomic mass is 35.5. The Hall–Kier alpha value is -2.57. The van der Waals surface area contributed by atoms with Crippen molar-refractivity contribution in [2.75, 3.05) is 7.05 Å². The number of benzene rings is 2. The summed E-state index contributed by atoms with van der Waals surface area (Å²) in [4.78, 5) is 12.7. The van der Waals surface area contributed by atoms with Crippen molar-refractivity contribution in [3.8, 4) is 0 Å². The van der Waals surface area contributed by atoms with E-state index < -0.39 is 17.8 Å². The smallest absolute Gasteiger partial charge is 0.358 e. The van der Waals surface area contributed by atoms with Crippen LogP contribution in [0.1, 0.15) is 41.1 Å². The van der Waals surface area contributed by atoms with Gasteiger partial charge >= 0.3 is 6.18 Å². The van der Waals surface area contributed by atoms with Crippen LogP contribution in [-0.2, 0) is 17.4 Å². The molecule has 0 radical (unpaired) electrons. The summed E-state index contributed by atoms with van der Waals surface area (Å²) in [6, 6.07) is 10.3. The highest BCUT2D eigenvalue weighted by Crippen LogP contribution is 2.30. The molecule has 1 unspecified atom stereocenters. The molecule has 1 aliphatic carbocycles.